The third kappa shape index (κ3) is 3.55. The highest BCUT2D eigenvalue weighted by Gasteiger charge is 2.48. The van der Waals surface area contributed by atoms with Crippen molar-refractivity contribution in [2.45, 2.75) is 58.2 Å². The molecule has 8 heteroatoms. The zero-order chi connectivity index (χ0) is 19.4. The van der Waals surface area contributed by atoms with Crippen LogP contribution in [-0.2, 0) is 5.54 Å². The zero-order valence-electron chi connectivity index (χ0n) is 16.7. The Kier molecular flexibility index (Phi) is 5.10. The van der Waals surface area contributed by atoms with Gasteiger partial charge in [-0.25, -0.2) is 4.98 Å². The van der Waals surface area contributed by atoms with Crippen molar-refractivity contribution in [2.75, 3.05) is 17.3 Å². The molecule has 0 radical (unpaired) electrons. The SMILES string of the molecule is Cc1cnc([C@]2(C)CSC([C@]3(C)CSC([C@@]4(C)CSC(C(C)C)=N4)=N3)=N2)s1. The fourth-order valence-corrected chi connectivity index (χ4v) is 8.28. The summed E-state index contributed by atoms with van der Waals surface area (Å²) < 4.78 is 0. The quantitative estimate of drug-likeness (QED) is 0.642. The second kappa shape index (κ2) is 6.89. The topological polar surface area (TPSA) is 50.0 Å². The molecule has 27 heavy (non-hydrogen) atoms. The Morgan fingerprint density at radius 3 is 1.96 bits per heavy atom. The van der Waals surface area contributed by atoms with Gasteiger partial charge >= 0.3 is 0 Å². The normalized spacial score (nSPS) is 36.3. The van der Waals surface area contributed by atoms with Crippen molar-refractivity contribution in [3.63, 3.8) is 0 Å². The Balaban J connectivity index is 1.61. The van der Waals surface area contributed by atoms with E-state index >= 15 is 0 Å². The number of thioether (sulfide) groups is 3. The summed E-state index contributed by atoms with van der Waals surface area (Å²) >= 11 is 7.37. The molecule has 0 amide bonds. The number of aliphatic imine (C=N–C) groups is 3. The molecule has 1 aromatic heterocycles. The van der Waals surface area contributed by atoms with Gasteiger partial charge in [0.2, 0.25) is 0 Å². The van der Waals surface area contributed by atoms with Crippen LogP contribution in [0.3, 0.4) is 0 Å². The lowest BCUT2D eigenvalue weighted by Crippen LogP contribution is -2.33. The van der Waals surface area contributed by atoms with Crippen LogP contribution in [0.5, 0.6) is 0 Å². The zero-order valence-corrected chi connectivity index (χ0v) is 20.0. The van der Waals surface area contributed by atoms with Crippen molar-refractivity contribution in [1.29, 1.82) is 0 Å². The lowest BCUT2D eigenvalue weighted by atomic mass is 10.0. The second-order valence-corrected chi connectivity index (χ2v) is 12.6. The van der Waals surface area contributed by atoms with Crippen LogP contribution < -0.4 is 0 Å². The third-order valence-electron chi connectivity index (χ3n) is 5.03. The Labute approximate surface area is 178 Å². The van der Waals surface area contributed by atoms with Crippen molar-refractivity contribution in [3.8, 4) is 0 Å². The maximum atomic E-state index is 5.20. The van der Waals surface area contributed by atoms with Crippen LogP contribution in [0.1, 0.15) is 44.5 Å². The Morgan fingerprint density at radius 2 is 1.41 bits per heavy atom. The van der Waals surface area contributed by atoms with Crippen LogP contribution >= 0.6 is 46.6 Å². The van der Waals surface area contributed by atoms with Gasteiger partial charge in [0.15, 0.2) is 0 Å². The van der Waals surface area contributed by atoms with Crippen molar-refractivity contribution < 1.29 is 0 Å². The fraction of sp³-hybridized carbons (Fsp3) is 0.684. The highest BCUT2D eigenvalue weighted by atomic mass is 32.2. The fourth-order valence-electron chi connectivity index (χ4n) is 3.30. The summed E-state index contributed by atoms with van der Waals surface area (Å²) in [7, 11) is 0. The first-order valence-corrected chi connectivity index (χ1v) is 13.0. The van der Waals surface area contributed by atoms with E-state index in [1.54, 1.807) is 11.3 Å². The standard InChI is InChI=1S/C19H26N4S4/c1-11(2)13-21-18(5,8-24-13)15-23-19(6,10-26-15)16-22-17(4,9-25-16)14-20-7-12(3)27-14/h7,11H,8-10H2,1-6H3/t17-,18+,19-/m0/s1. The van der Waals surface area contributed by atoms with Crippen molar-refractivity contribution in [2.24, 2.45) is 20.9 Å². The third-order valence-corrected chi connectivity index (χ3v) is 10.8. The van der Waals surface area contributed by atoms with Gasteiger partial charge in [0.05, 0.1) is 15.1 Å². The summed E-state index contributed by atoms with van der Waals surface area (Å²) in [6, 6.07) is 0. The van der Waals surface area contributed by atoms with Crippen LogP contribution in [0.25, 0.3) is 0 Å². The molecule has 4 nitrogen and oxygen atoms in total. The summed E-state index contributed by atoms with van der Waals surface area (Å²) in [6.45, 7) is 13.2. The highest BCUT2D eigenvalue weighted by molar-refractivity contribution is 8.17. The van der Waals surface area contributed by atoms with Crippen LogP contribution in [0.2, 0.25) is 0 Å². The molecule has 3 aliphatic rings. The van der Waals surface area contributed by atoms with Crippen LogP contribution in [0, 0.1) is 12.8 Å². The van der Waals surface area contributed by atoms with Crippen LogP contribution in [0.4, 0.5) is 0 Å². The van der Waals surface area contributed by atoms with Gasteiger partial charge in [-0.05, 0) is 27.7 Å². The first-order valence-electron chi connectivity index (χ1n) is 9.25. The Hall–Kier alpha value is -0.310. The van der Waals surface area contributed by atoms with Crippen LogP contribution in [-0.4, -0.2) is 48.5 Å². The number of hydrogen-bond donors (Lipinski definition) is 0. The number of nitrogens with zero attached hydrogens (tertiary/aromatic N) is 4. The molecule has 4 rings (SSSR count). The predicted molar refractivity (Wildman–Crippen MR) is 126 cm³/mol. The molecule has 4 heterocycles. The molecule has 146 valence electrons. The van der Waals surface area contributed by atoms with Gasteiger partial charge in [0.25, 0.3) is 0 Å². The van der Waals surface area contributed by atoms with E-state index in [0.717, 1.165) is 27.3 Å². The predicted octanol–water partition coefficient (Wildman–Crippen LogP) is 5.28. The van der Waals surface area contributed by atoms with Crippen molar-refractivity contribution in [3.05, 3.63) is 16.1 Å². The van der Waals surface area contributed by atoms with E-state index in [0.29, 0.717) is 5.92 Å². The number of aromatic nitrogens is 1. The number of rotatable bonds is 4. The lowest BCUT2D eigenvalue weighted by Gasteiger charge is -2.21. The van der Waals surface area contributed by atoms with Gasteiger partial charge in [0.1, 0.15) is 21.6 Å². The Bertz CT molecular complexity index is 858. The second-order valence-electron chi connectivity index (χ2n) is 8.40. The molecule has 0 fully saturated rings. The summed E-state index contributed by atoms with van der Waals surface area (Å²) in [6.07, 6.45) is 1.95. The minimum atomic E-state index is -0.238. The smallest absolute Gasteiger partial charge is 0.121 e. The molecule has 0 N–H and O–H groups in total. The molecule has 0 saturated heterocycles. The molecule has 1 aromatic rings. The van der Waals surface area contributed by atoms with E-state index in [4.69, 9.17) is 15.0 Å². The first-order chi connectivity index (χ1) is 12.6. The molecule has 0 spiro atoms. The number of thiazole rings is 1. The molecule has 0 aliphatic carbocycles. The van der Waals surface area contributed by atoms with Crippen LogP contribution in [0.15, 0.2) is 21.2 Å². The molecule has 0 bridgehead atoms. The van der Waals surface area contributed by atoms with Crippen molar-refractivity contribution >= 4 is 61.8 Å². The molecule has 3 atom stereocenters. The molecule has 0 aromatic carbocycles. The highest BCUT2D eigenvalue weighted by Crippen LogP contribution is 2.46. The van der Waals surface area contributed by atoms with E-state index in [1.165, 1.54) is 15.0 Å². The minimum absolute atomic E-state index is 0.174. The Morgan fingerprint density at radius 1 is 0.852 bits per heavy atom. The molecule has 0 saturated carbocycles. The van der Waals surface area contributed by atoms with Gasteiger partial charge < -0.3 is 0 Å². The molecular formula is C19H26N4S4. The molecule has 3 aliphatic heterocycles. The maximum absolute atomic E-state index is 5.20. The minimum Gasteiger partial charge on any atom is -0.268 e. The summed E-state index contributed by atoms with van der Waals surface area (Å²) in [5, 5.41) is 4.71. The average Bonchev–Trinajstić information content (AvgIpc) is 3.35. The summed E-state index contributed by atoms with van der Waals surface area (Å²) in [4.78, 5) is 21.2. The van der Waals surface area contributed by atoms with Gasteiger partial charge in [-0.15, -0.1) is 46.6 Å². The van der Waals surface area contributed by atoms with E-state index in [9.17, 15) is 0 Å². The average molecular weight is 439 g/mol. The van der Waals surface area contributed by atoms with Crippen molar-refractivity contribution in [1.82, 2.24) is 4.98 Å². The number of hydrogen-bond acceptors (Lipinski definition) is 8. The number of aryl methyl sites for hydroxylation is 1. The van der Waals surface area contributed by atoms with Gasteiger partial charge in [-0.3, -0.25) is 15.0 Å². The van der Waals surface area contributed by atoms with E-state index < -0.39 is 0 Å². The summed E-state index contributed by atoms with van der Waals surface area (Å²) in [5.41, 5.74) is -0.633. The van der Waals surface area contributed by atoms with E-state index in [2.05, 4.69) is 46.5 Å². The van der Waals surface area contributed by atoms with E-state index in [1.807, 2.05) is 41.5 Å². The van der Waals surface area contributed by atoms with Gasteiger partial charge in [-0.1, -0.05) is 13.8 Å². The molecular weight excluding hydrogens is 413 g/mol. The monoisotopic (exact) mass is 438 g/mol. The van der Waals surface area contributed by atoms with E-state index in [-0.39, 0.29) is 16.6 Å². The largest absolute Gasteiger partial charge is 0.268 e. The maximum Gasteiger partial charge on any atom is 0.121 e. The summed E-state index contributed by atoms with van der Waals surface area (Å²) in [5.74, 6) is 3.39. The lowest BCUT2D eigenvalue weighted by molar-refractivity contribution is 0.568. The van der Waals surface area contributed by atoms with Gasteiger partial charge in [0, 0.05) is 34.3 Å². The molecule has 0 unspecified atom stereocenters. The van der Waals surface area contributed by atoms with Gasteiger partial charge in [-0.2, -0.15) is 0 Å². The first kappa shape index (κ1) is 20.0.